The van der Waals surface area contributed by atoms with Gasteiger partial charge in [-0.25, -0.2) is 0 Å². The van der Waals surface area contributed by atoms with E-state index < -0.39 is 0 Å². The highest BCUT2D eigenvalue weighted by atomic mass is 16.5. The number of hydrogen-bond donors (Lipinski definition) is 0. The van der Waals surface area contributed by atoms with Crippen molar-refractivity contribution in [2.45, 2.75) is 63.9 Å². The fourth-order valence-corrected chi connectivity index (χ4v) is 3.68. The van der Waals surface area contributed by atoms with Crippen LogP contribution in [0.15, 0.2) is 0 Å². The van der Waals surface area contributed by atoms with Gasteiger partial charge in [0.15, 0.2) is 0 Å². The average Bonchev–Trinajstić information content (AvgIpc) is 2.91. The van der Waals surface area contributed by atoms with E-state index in [1.807, 2.05) is 0 Å². The van der Waals surface area contributed by atoms with Gasteiger partial charge in [0.1, 0.15) is 6.10 Å². The Balaban J connectivity index is 1.60. The van der Waals surface area contributed by atoms with Gasteiger partial charge in [0.2, 0.25) is 0 Å². The van der Waals surface area contributed by atoms with Crippen LogP contribution in [0.25, 0.3) is 0 Å². The van der Waals surface area contributed by atoms with Gasteiger partial charge >= 0.3 is 5.97 Å². The van der Waals surface area contributed by atoms with Crippen LogP contribution in [0.5, 0.6) is 0 Å². The first-order valence-corrected chi connectivity index (χ1v) is 6.84. The Morgan fingerprint density at radius 1 is 1.19 bits per heavy atom. The van der Waals surface area contributed by atoms with Crippen LogP contribution in [0.4, 0.5) is 0 Å². The molecule has 3 aliphatic carbocycles. The summed E-state index contributed by atoms with van der Waals surface area (Å²) in [7, 11) is 0. The van der Waals surface area contributed by atoms with Crippen LogP contribution in [0.3, 0.4) is 0 Å². The molecule has 2 heteroatoms. The standard InChI is InChI=1S/C14H21O2/c15-13(16-12-4-2-1-3-5-12)14-8-6-11(10-14)7-9-14/h8,11-12H,1-7,9-10H2. The summed E-state index contributed by atoms with van der Waals surface area (Å²) in [6.45, 7) is 0. The van der Waals surface area contributed by atoms with Crippen LogP contribution in [0.2, 0.25) is 0 Å². The minimum atomic E-state index is -0.165. The van der Waals surface area contributed by atoms with Crippen molar-refractivity contribution in [3.05, 3.63) is 6.42 Å². The highest BCUT2D eigenvalue weighted by molar-refractivity contribution is 5.79. The lowest BCUT2D eigenvalue weighted by Gasteiger charge is -2.29. The molecule has 0 amide bonds. The van der Waals surface area contributed by atoms with Gasteiger partial charge in [0.05, 0.1) is 5.41 Å². The van der Waals surface area contributed by atoms with Crippen LogP contribution in [-0.4, -0.2) is 12.1 Å². The summed E-state index contributed by atoms with van der Waals surface area (Å²) in [6, 6.07) is 0. The highest BCUT2D eigenvalue weighted by Crippen LogP contribution is 2.54. The van der Waals surface area contributed by atoms with E-state index in [0.717, 1.165) is 38.0 Å². The third kappa shape index (κ3) is 1.76. The molecule has 0 spiro atoms. The van der Waals surface area contributed by atoms with E-state index in [1.165, 1.54) is 25.7 Å². The molecule has 3 fully saturated rings. The molecule has 0 heterocycles. The van der Waals surface area contributed by atoms with Gasteiger partial charge in [-0.1, -0.05) is 6.42 Å². The van der Waals surface area contributed by atoms with E-state index in [9.17, 15) is 4.79 Å². The van der Waals surface area contributed by atoms with Crippen molar-refractivity contribution in [1.29, 1.82) is 0 Å². The zero-order valence-electron chi connectivity index (χ0n) is 9.91. The van der Waals surface area contributed by atoms with Gasteiger partial charge in [-0.05, 0) is 63.7 Å². The lowest BCUT2D eigenvalue weighted by molar-refractivity contribution is -0.160. The summed E-state index contributed by atoms with van der Waals surface area (Å²) in [4.78, 5) is 12.2. The molecule has 0 N–H and O–H groups in total. The van der Waals surface area contributed by atoms with Gasteiger partial charge in [0, 0.05) is 0 Å². The first-order valence-electron chi connectivity index (χ1n) is 6.84. The Labute approximate surface area is 97.7 Å². The normalized spacial score (nSPS) is 38.9. The predicted octanol–water partition coefficient (Wildman–Crippen LogP) is 3.26. The van der Waals surface area contributed by atoms with Crippen LogP contribution >= 0.6 is 0 Å². The maximum Gasteiger partial charge on any atom is 0.312 e. The highest BCUT2D eigenvalue weighted by Gasteiger charge is 2.51. The van der Waals surface area contributed by atoms with E-state index in [0.29, 0.717) is 0 Å². The summed E-state index contributed by atoms with van der Waals surface area (Å²) in [6.07, 6.45) is 12.9. The molecule has 2 nitrogen and oxygen atoms in total. The number of fused-ring (bicyclic) bond motifs is 2. The van der Waals surface area contributed by atoms with Crippen molar-refractivity contribution in [2.75, 3.05) is 0 Å². The number of rotatable bonds is 2. The first-order chi connectivity index (χ1) is 7.78. The molecule has 0 aliphatic heterocycles. The minimum absolute atomic E-state index is 0.0967. The summed E-state index contributed by atoms with van der Waals surface area (Å²) < 4.78 is 5.73. The predicted molar refractivity (Wildman–Crippen MR) is 61.7 cm³/mol. The van der Waals surface area contributed by atoms with E-state index >= 15 is 0 Å². The molecular formula is C14H21O2. The molecule has 0 aromatic carbocycles. The number of ether oxygens (including phenoxy) is 1. The summed E-state index contributed by atoms with van der Waals surface area (Å²) in [5, 5.41) is 0. The van der Waals surface area contributed by atoms with Gasteiger partial charge in [0.25, 0.3) is 0 Å². The minimum Gasteiger partial charge on any atom is -0.462 e. The Morgan fingerprint density at radius 2 is 2.00 bits per heavy atom. The molecule has 1 radical (unpaired) electrons. The molecule has 2 atom stereocenters. The molecular weight excluding hydrogens is 200 g/mol. The van der Waals surface area contributed by atoms with Crippen molar-refractivity contribution in [1.82, 2.24) is 0 Å². The van der Waals surface area contributed by atoms with Crippen molar-refractivity contribution >= 4 is 5.97 Å². The Morgan fingerprint density at radius 3 is 2.56 bits per heavy atom. The third-order valence-electron chi connectivity index (χ3n) is 4.73. The summed E-state index contributed by atoms with van der Waals surface area (Å²) >= 11 is 0. The number of carbonyl (C=O) groups is 1. The lowest BCUT2D eigenvalue weighted by Crippen LogP contribution is -2.33. The van der Waals surface area contributed by atoms with E-state index in [-0.39, 0.29) is 17.5 Å². The van der Waals surface area contributed by atoms with Crippen molar-refractivity contribution < 1.29 is 9.53 Å². The first kappa shape index (κ1) is 10.6. The van der Waals surface area contributed by atoms with Crippen LogP contribution in [0.1, 0.15) is 57.8 Å². The molecule has 3 saturated carbocycles. The molecule has 89 valence electrons. The van der Waals surface area contributed by atoms with Gasteiger partial charge < -0.3 is 4.74 Å². The van der Waals surface area contributed by atoms with Gasteiger partial charge in [-0.2, -0.15) is 0 Å². The smallest absolute Gasteiger partial charge is 0.312 e. The van der Waals surface area contributed by atoms with E-state index in [4.69, 9.17) is 4.74 Å². The zero-order valence-corrected chi connectivity index (χ0v) is 9.91. The van der Waals surface area contributed by atoms with Gasteiger partial charge in [-0.15, -0.1) is 0 Å². The van der Waals surface area contributed by atoms with Crippen molar-refractivity contribution in [2.24, 2.45) is 11.3 Å². The van der Waals surface area contributed by atoms with E-state index in [1.54, 1.807) is 0 Å². The molecule has 0 saturated heterocycles. The molecule has 3 aliphatic rings. The lowest BCUT2D eigenvalue weighted by atomic mass is 9.84. The Hall–Kier alpha value is -0.530. The maximum absolute atomic E-state index is 12.2. The average molecular weight is 221 g/mol. The second-order valence-electron chi connectivity index (χ2n) is 5.87. The number of hydrogen-bond acceptors (Lipinski definition) is 2. The van der Waals surface area contributed by atoms with Crippen LogP contribution in [-0.2, 0) is 9.53 Å². The monoisotopic (exact) mass is 221 g/mol. The molecule has 2 unspecified atom stereocenters. The number of carbonyl (C=O) groups excluding carboxylic acids is 1. The van der Waals surface area contributed by atoms with Crippen molar-refractivity contribution in [3.63, 3.8) is 0 Å². The number of esters is 1. The molecule has 0 aromatic heterocycles. The molecule has 3 rings (SSSR count). The largest absolute Gasteiger partial charge is 0.462 e. The molecule has 2 bridgehead atoms. The zero-order chi connectivity index (χ0) is 11.0. The third-order valence-corrected chi connectivity index (χ3v) is 4.73. The Bertz CT molecular complexity index is 270. The van der Waals surface area contributed by atoms with Crippen LogP contribution < -0.4 is 0 Å². The SMILES string of the molecule is O=C(OC1CCCCC1)C12[CH]CC(CC1)C2. The summed E-state index contributed by atoms with van der Waals surface area (Å²) in [5.74, 6) is 0.873. The van der Waals surface area contributed by atoms with Crippen LogP contribution in [0, 0.1) is 17.8 Å². The Kier molecular flexibility index (Phi) is 2.68. The van der Waals surface area contributed by atoms with Gasteiger partial charge in [-0.3, -0.25) is 4.79 Å². The molecule has 16 heavy (non-hydrogen) atoms. The van der Waals surface area contributed by atoms with Crippen molar-refractivity contribution in [3.8, 4) is 0 Å². The van der Waals surface area contributed by atoms with E-state index in [2.05, 4.69) is 6.42 Å². The fraction of sp³-hybridized carbons (Fsp3) is 0.857. The second-order valence-corrected chi connectivity index (χ2v) is 5.87. The summed E-state index contributed by atoms with van der Waals surface area (Å²) in [5.41, 5.74) is -0.165. The topological polar surface area (TPSA) is 26.3 Å². The quantitative estimate of drug-likeness (QED) is 0.669. The fourth-order valence-electron chi connectivity index (χ4n) is 3.68. The second kappa shape index (κ2) is 4.05. The molecule has 0 aromatic rings. The maximum atomic E-state index is 12.2.